The van der Waals surface area contributed by atoms with Gasteiger partial charge in [-0.1, -0.05) is 31.4 Å². The number of hydrogen-bond acceptors (Lipinski definition) is 3. The third-order valence-corrected chi connectivity index (χ3v) is 4.77. The molecule has 1 aliphatic rings. The summed E-state index contributed by atoms with van der Waals surface area (Å²) in [6, 6.07) is 0. The summed E-state index contributed by atoms with van der Waals surface area (Å²) in [7, 11) is 0. The standard InChI is InChI=1S/C15H14Cl2FN3O/c1-4-15(5-2)8(3)6-10(22-15)21-7-9(18)11-12(16)19-14(17)20-13(11)21/h1,7-8,10H,5-6H2,2-3H3/t8-,10+,15+/m0/s1. The van der Waals surface area contributed by atoms with Crippen LogP contribution in [-0.2, 0) is 4.74 Å². The fourth-order valence-corrected chi connectivity index (χ4v) is 3.50. The Balaban J connectivity index is 2.11. The second-order valence-electron chi connectivity index (χ2n) is 5.46. The summed E-state index contributed by atoms with van der Waals surface area (Å²) in [5, 5.41) is 0.0784. The molecule has 1 saturated heterocycles. The topological polar surface area (TPSA) is 39.9 Å². The summed E-state index contributed by atoms with van der Waals surface area (Å²) in [4.78, 5) is 7.86. The van der Waals surface area contributed by atoms with Crippen molar-refractivity contribution in [3.05, 3.63) is 22.5 Å². The van der Waals surface area contributed by atoms with Crippen LogP contribution in [0.1, 0.15) is 32.9 Å². The van der Waals surface area contributed by atoms with Crippen molar-refractivity contribution in [2.75, 3.05) is 0 Å². The van der Waals surface area contributed by atoms with Crippen molar-refractivity contribution in [1.82, 2.24) is 14.5 Å². The van der Waals surface area contributed by atoms with Crippen molar-refractivity contribution in [2.24, 2.45) is 5.92 Å². The lowest BCUT2D eigenvalue weighted by molar-refractivity contribution is -0.0464. The molecule has 0 N–H and O–H groups in total. The molecule has 0 radical (unpaired) electrons. The van der Waals surface area contributed by atoms with E-state index in [1.54, 1.807) is 4.57 Å². The Hall–Kier alpha value is -1.35. The van der Waals surface area contributed by atoms with E-state index in [1.165, 1.54) is 6.20 Å². The van der Waals surface area contributed by atoms with Gasteiger partial charge in [-0.2, -0.15) is 4.98 Å². The summed E-state index contributed by atoms with van der Waals surface area (Å²) >= 11 is 11.8. The average Bonchev–Trinajstić information content (AvgIpc) is 2.97. The van der Waals surface area contributed by atoms with Crippen molar-refractivity contribution in [1.29, 1.82) is 0 Å². The summed E-state index contributed by atoms with van der Waals surface area (Å²) in [5.74, 6) is 2.37. The third-order valence-electron chi connectivity index (χ3n) is 4.33. The van der Waals surface area contributed by atoms with E-state index in [0.717, 1.165) is 0 Å². The minimum Gasteiger partial charge on any atom is -0.339 e. The van der Waals surface area contributed by atoms with Crippen molar-refractivity contribution in [3.63, 3.8) is 0 Å². The molecule has 3 rings (SSSR count). The highest BCUT2D eigenvalue weighted by atomic mass is 35.5. The van der Waals surface area contributed by atoms with Crippen LogP contribution in [0.5, 0.6) is 0 Å². The molecule has 0 bridgehead atoms. The number of hydrogen-bond donors (Lipinski definition) is 0. The normalized spacial score (nSPS) is 28.2. The molecule has 116 valence electrons. The predicted octanol–water partition coefficient (Wildman–Crippen LogP) is 4.21. The number of nitrogens with zero attached hydrogens (tertiary/aromatic N) is 3. The Kier molecular flexibility index (Phi) is 3.80. The van der Waals surface area contributed by atoms with Crippen molar-refractivity contribution >= 4 is 34.2 Å². The molecule has 0 amide bonds. The van der Waals surface area contributed by atoms with Gasteiger partial charge in [-0.25, -0.2) is 9.37 Å². The minimum atomic E-state index is -0.654. The molecule has 0 saturated carbocycles. The predicted molar refractivity (Wildman–Crippen MR) is 83.3 cm³/mol. The number of aromatic nitrogens is 3. The highest BCUT2D eigenvalue weighted by Gasteiger charge is 2.45. The van der Waals surface area contributed by atoms with Gasteiger partial charge in [0.2, 0.25) is 5.28 Å². The van der Waals surface area contributed by atoms with Crippen LogP contribution in [0.25, 0.3) is 11.0 Å². The van der Waals surface area contributed by atoms with Crippen LogP contribution in [0, 0.1) is 24.1 Å². The smallest absolute Gasteiger partial charge is 0.225 e. The van der Waals surface area contributed by atoms with E-state index in [1.807, 2.05) is 13.8 Å². The van der Waals surface area contributed by atoms with Crippen LogP contribution in [0.4, 0.5) is 4.39 Å². The largest absolute Gasteiger partial charge is 0.339 e. The molecule has 22 heavy (non-hydrogen) atoms. The maximum absolute atomic E-state index is 14.2. The molecule has 0 aromatic carbocycles. The van der Waals surface area contributed by atoms with Crippen molar-refractivity contribution in [3.8, 4) is 12.3 Å². The van der Waals surface area contributed by atoms with E-state index in [4.69, 9.17) is 34.4 Å². The molecule has 7 heteroatoms. The van der Waals surface area contributed by atoms with E-state index < -0.39 is 17.6 Å². The Morgan fingerprint density at radius 2 is 2.27 bits per heavy atom. The fraction of sp³-hybridized carbons (Fsp3) is 0.467. The summed E-state index contributed by atoms with van der Waals surface area (Å²) < 4.78 is 21.8. The maximum Gasteiger partial charge on any atom is 0.225 e. The molecule has 1 fully saturated rings. The summed E-state index contributed by atoms with van der Waals surface area (Å²) in [6.45, 7) is 4.00. The van der Waals surface area contributed by atoms with Gasteiger partial charge in [-0.05, 0) is 24.4 Å². The van der Waals surface area contributed by atoms with Gasteiger partial charge in [0.25, 0.3) is 0 Å². The summed E-state index contributed by atoms with van der Waals surface area (Å²) in [5.41, 5.74) is -0.345. The van der Waals surface area contributed by atoms with Gasteiger partial charge in [-0.3, -0.25) is 0 Å². The molecule has 3 heterocycles. The maximum atomic E-state index is 14.2. The van der Waals surface area contributed by atoms with Gasteiger partial charge in [-0.15, -0.1) is 6.42 Å². The zero-order chi connectivity index (χ0) is 16.1. The van der Waals surface area contributed by atoms with E-state index >= 15 is 0 Å². The molecule has 2 aromatic rings. The molecule has 4 nitrogen and oxygen atoms in total. The Labute approximate surface area is 137 Å². The number of halogens is 3. The molecule has 0 spiro atoms. The Bertz CT molecular complexity index is 785. The van der Waals surface area contributed by atoms with E-state index in [0.29, 0.717) is 18.5 Å². The zero-order valence-electron chi connectivity index (χ0n) is 12.1. The van der Waals surface area contributed by atoms with Crippen LogP contribution >= 0.6 is 23.2 Å². The lowest BCUT2D eigenvalue weighted by atomic mass is 9.87. The molecular weight excluding hydrogens is 328 g/mol. The van der Waals surface area contributed by atoms with Crippen LogP contribution in [0.15, 0.2) is 6.20 Å². The van der Waals surface area contributed by atoms with Crippen molar-refractivity contribution < 1.29 is 9.13 Å². The fourth-order valence-electron chi connectivity index (χ4n) is 3.04. The number of terminal acetylenes is 1. The SMILES string of the molecule is C#C[C@]1(CC)O[C@@H](n2cc(F)c3c(Cl)nc(Cl)nc32)C[C@@H]1C. The lowest BCUT2D eigenvalue weighted by Gasteiger charge is -2.26. The molecule has 0 unspecified atom stereocenters. The molecule has 0 aliphatic carbocycles. The second-order valence-corrected chi connectivity index (χ2v) is 6.16. The van der Waals surface area contributed by atoms with Gasteiger partial charge in [0.1, 0.15) is 17.0 Å². The first-order valence-corrected chi connectivity index (χ1v) is 7.72. The molecule has 2 aromatic heterocycles. The van der Waals surface area contributed by atoms with Gasteiger partial charge >= 0.3 is 0 Å². The van der Waals surface area contributed by atoms with Crippen molar-refractivity contribution in [2.45, 2.75) is 38.5 Å². The minimum absolute atomic E-state index is 0.0176. The number of rotatable bonds is 2. The zero-order valence-corrected chi connectivity index (χ0v) is 13.6. The molecule has 3 atom stereocenters. The first kappa shape index (κ1) is 15.5. The monoisotopic (exact) mass is 341 g/mol. The summed E-state index contributed by atoms with van der Waals surface area (Å²) in [6.07, 6.45) is 7.87. The lowest BCUT2D eigenvalue weighted by Crippen LogP contribution is -2.31. The van der Waals surface area contributed by atoms with Crippen LogP contribution in [-0.4, -0.2) is 20.1 Å². The van der Waals surface area contributed by atoms with E-state index in [-0.39, 0.29) is 21.7 Å². The Morgan fingerprint density at radius 1 is 1.55 bits per heavy atom. The van der Waals surface area contributed by atoms with Gasteiger partial charge in [0, 0.05) is 12.1 Å². The molecular formula is C15H14Cl2FN3O. The first-order chi connectivity index (χ1) is 10.4. The van der Waals surface area contributed by atoms with Crippen LogP contribution in [0.2, 0.25) is 10.4 Å². The van der Waals surface area contributed by atoms with Gasteiger partial charge < -0.3 is 9.30 Å². The second kappa shape index (κ2) is 5.38. The van der Waals surface area contributed by atoms with Crippen LogP contribution < -0.4 is 0 Å². The van der Waals surface area contributed by atoms with E-state index in [9.17, 15) is 4.39 Å². The third kappa shape index (κ3) is 2.18. The highest BCUT2D eigenvalue weighted by Crippen LogP contribution is 2.44. The van der Waals surface area contributed by atoms with E-state index in [2.05, 4.69) is 15.9 Å². The van der Waals surface area contributed by atoms with Crippen LogP contribution in [0.3, 0.4) is 0 Å². The Morgan fingerprint density at radius 3 is 2.86 bits per heavy atom. The van der Waals surface area contributed by atoms with Gasteiger partial charge in [0.15, 0.2) is 11.5 Å². The first-order valence-electron chi connectivity index (χ1n) is 6.96. The average molecular weight is 342 g/mol. The number of ether oxygens (including phenoxy) is 1. The highest BCUT2D eigenvalue weighted by molar-refractivity contribution is 6.35. The number of fused-ring (bicyclic) bond motifs is 1. The molecule has 1 aliphatic heterocycles. The van der Waals surface area contributed by atoms with Gasteiger partial charge in [0.05, 0.1) is 5.39 Å². The quantitative estimate of drug-likeness (QED) is 0.466.